The molecule has 1 aliphatic heterocycles. The second-order valence-corrected chi connectivity index (χ2v) is 6.92. The molecule has 4 rings (SSSR count). The minimum absolute atomic E-state index is 0.208. The predicted molar refractivity (Wildman–Crippen MR) is 113 cm³/mol. The molecular weight excluding hydrogens is 402 g/mol. The summed E-state index contributed by atoms with van der Waals surface area (Å²) in [4.78, 5) is 51.2. The number of rotatable bonds is 3. The van der Waals surface area contributed by atoms with Crippen LogP contribution in [-0.2, 0) is 20.9 Å². The maximum absolute atomic E-state index is 12.9. The van der Waals surface area contributed by atoms with Crippen LogP contribution < -0.4 is 10.9 Å². The van der Waals surface area contributed by atoms with E-state index in [1.165, 1.54) is 25.3 Å². The molecule has 2 aromatic carbocycles. The highest BCUT2D eigenvalue weighted by Gasteiger charge is 2.21. The quantitative estimate of drug-likeness (QED) is 0.492. The van der Waals surface area contributed by atoms with E-state index in [-0.39, 0.29) is 11.2 Å². The minimum Gasteiger partial charge on any atom is -0.474 e. The van der Waals surface area contributed by atoms with Gasteiger partial charge in [0, 0.05) is 12.2 Å². The van der Waals surface area contributed by atoms with Gasteiger partial charge in [0.25, 0.3) is 5.56 Å². The normalized spacial score (nSPS) is 13.8. The maximum Gasteiger partial charge on any atom is 0.394 e. The van der Waals surface area contributed by atoms with Gasteiger partial charge in [0.15, 0.2) is 0 Å². The standard InChI is InChI=1S/C22H17N3O6/c1-31-22(30)13-4-2-12(3-5-13)10-14-8-9-25-18(14)24-17-11-15(23-19(26)21(28)29)6-7-16(17)20(25)27/h2-7,10-11H,8-9H2,1H3,(H,23,26)(H,28,29). The first-order chi connectivity index (χ1) is 14.9. The molecule has 31 heavy (non-hydrogen) atoms. The lowest BCUT2D eigenvalue weighted by Gasteiger charge is -2.08. The molecule has 0 fully saturated rings. The summed E-state index contributed by atoms with van der Waals surface area (Å²) < 4.78 is 6.29. The number of fused-ring (bicyclic) bond motifs is 2. The smallest absolute Gasteiger partial charge is 0.394 e. The van der Waals surface area contributed by atoms with Gasteiger partial charge < -0.3 is 15.2 Å². The molecule has 1 amide bonds. The second kappa shape index (κ2) is 7.86. The molecule has 0 saturated heterocycles. The van der Waals surface area contributed by atoms with Crippen molar-refractivity contribution in [2.45, 2.75) is 13.0 Å². The number of amides is 1. The van der Waals surface area contributed by atoms with Crippen molar-refractivity contribution in [3.05, 3.63) is 69.8 Å². The largest absolute Gasteiger partial charge is 0.474 e. The number of esters is 1. The first kappa shape index (κ1) is 20.0. The fourth-order valence-electron chi connectivity index (χ4n) is 3.45. The average molecular weight is 419 g/mol. The Balaban J connectivity index is 1.72. The number of anilines is 1. The lowest BCUT2D eigenvalue weighted by Crippen LogP contribution is -2.23. The number of nitrogens with zero attached hydrogens (tertiary/aromatic N) is 2. The average Bonchev–Trinajstić information content (AvgIpc) is 3.16. The number of carboxylic acid groups (broad SMARTS) is 1. The fraction of sp³-hybridized carbons (Fsp3) is 0.136. The van der Waals surface area contributed by atoms with Crippen molar-refractivity contribution in [1.29, 1.82) is 0 Å². The zero-order valence-corrected chi connectivity index (χ0v) is 16.4. The minimum atomic E-state index is -1.61. The van der Waals surface area contributed by atoms with Crippen molar-refractivity contribution in [2.24, 2.45) is 0 Å². The van der Waals surface area contributed by atoms with E-state index in [1.807, 2.05) is 6.08 Å². The highest BCUT2D eigenvalue weighted by molar-refractivity contribution is 6.36. The summed E-state index contributed by atoms with van der Waals surface area (Å²) in [5.41, 5.74) is 2.51. The fourth-order valence-corrected chi connectivity index (χ4v) is 3.45. The van der Waals surface area contributed by atoms with Gasteiger partial charge in [0.1, 0.15) is 5.82 Å². The Morgan fingerprint density at radius 1 is 1.16 bits per heavy atom. The zero-order valence-electron chi connectivity index (χ0n) is 16.4. The number of carbonyl (C=O) groups is 3. The van der Waals surface area contributed by atoms with E-state index in [4.69, 9.17) is 9.84 Å². The molecule has 0 radical (unpaired) electrons. The molecular formula is C22H17N3O6. The highest BCUT2D eigenvalue weighted by atomic mass is 16.5. The number of hydrogen-bond acceptors (Lipinski definition) is 6. The van der Waals surface area contributed by atoms with Gasteiger partial charge in [0.2, 0.25) is 0 Å². The molecule has 3 aromatic rings. The number of aromatic nitrogens is 2. The number of allylic oxidation sites excluding steroid dienone is 1. The summed E-state index contributed by atoms with van der Waals surface area (Å²) in [5.74, 6) is -2.69. The number of hydrogen-bond donors (Lipinski definition) is 2. The topological polar surface area (TPSA) is 128 Å². The summed E-state index contributed by atoms with van der Waals surface area (Å²) in [6.07, 6.45) is 2.51. The molecule has 0 spiro atoms. The van der Waals surface area contributed by atoms with E-state index in [1.54, 1.807) is 28.8 Å². The Kier molecular flexibility index (Phi) is 5.08. The van der Waals surface area contributed by atoms with Gasteiger partial charge in [-0.1, -0.05) is 12.1 Å². The number of carbonyl (C=O) groups excluding carboxylic acids is 2. The van der Waals surface area contributed by atoms with Crippen LogP contribution in [-0.4, -0.2) is 39.6 Å². The molecule has 1 aromatic heterocycles. The third-order valence-corrected chi connectivity index (χ3v) is 4.97. The van der Waals surface area contributed by atoms with Crippen molar-refractivity contribution in [3.8, 4) is 0 Å². The van der Waals surface area contributed by atoms with Crippen molar-refractivity contribution in [2.75, 3.05) is 12.4 Å². The number of methoxy groups -OCH3 is 1. The third kappa shape index (κ3) is 3.80. The highest BCUT2D eigenvalue weighted by Crippen LogP contribution is 2.28. The van der Waals surface area contributed by atoms with Crippen LogP contribution in [0.4, 0.5) is 5.69 Å². The van der Waals surface area contributed by atoms with Gasteiger partial charge in [-0.05, 0) is 54.0 Å². The van der Waals surface area contributed by atoms with E-state index < -0.39 is 17.8 Å². The van der Waals surface area contributed by atoms with Crippen LogP contribution in [0.25, 0.3) is 22.6 Å². The van der Waals surface area contributed by atoms with Crippen LogP contribution >= 0.6 is 0 Å². The maximum atomic E-state index is 12.9. The molecule has 156 valence electrons. The zero-order chi connectivity index (χ0) is 22.1. The first-order valence-corrected chi connectivity index (χ1v) is 9.35. The number of benzene rings is 2. The molecule has 9 heteroatoms. The van der Waals surface area contributed by atoms with E-state index >= 15 is 0 Å². The number of nitrogens with one attached hydrogen (secondary N) is 1. The van der Waals surface area contributed by atoms with Gasteiger partial charge in [-0.3, -0.25) is 14.2 Å². The van der Waals surface area contributed by atoms with E-state index in [0.29, 0.717) is 35.3 Å². The molecule has 2 heterocycles. The van der Waals surface area contributed by atoms with Crippen LogP contribution in [0.2, 0.25) is 0 Å². The van der Waals surface area contributed by atoms with Crippen molar-refractivity contribution >= 4 is 46.1 Å². The summed E-state index contributed by atoms with van der Waals surface area (Å²) in [7, 11) is 1.32. The first-order valence-electron chi connectivity index (χ1n) is 9.35. The Hall–Kier alpha value is -4.27. The van der Waals surface area contributed by atoms with Crippen LogP contribution in [0.5, 0.6) is 0 Å². The third-order valence-electron chi connectivity index (χ3n) is 4.97. The number of carboxylic acids is 1. The number of ether oxygens (including phenoxy) is 1. The summed E-state index contributed by atoms with van der Waals surface area (Å²) in [6, 6.07) is 11.3. The predicted octanol–water partition coefficient (Wildman–Crippen LogP) is 2.15. The lowest BCUT2D eigenvalue weighted by molar-refractivity contribution is -0.147. The van der Waals surface area contributed by atoms with Gasteiger partial charge in [-0.25, -0.2) is 14.6 Å². The van der Waals surface area contributed by atoms with Crippen molar-refractivity contribution in [1.82, 2.24) is 9.55 Å². The van der Waals surface area contributed by atoms with E-state index in [0.717, 1.165) is 11.1 Å². The Morgan fingerprint density at radius 3 is 2.58 bits per heavy atom. The van der Waals surface area contributed by atoms with Gasteiger partial charge in [0.05, 0.1) is 23.6 Å². The SMILES string of the molecule is COC(=O)c1ccc(C=C2CCn3c2nc2cc(NC(=O)C(=O)O)ccc2c3=O)cc1. The molecule has 0 unspecified atom stereocenters. The molecule has 9 nitrogen and oxygen atoms in total. The summed E-state index contributed by atoms with van der Waals surface area (Å²) in [6.45, 7) is 0.487. The Labute approximate surface area is 175 Å². The van der Waals surface area contributed by atoms with Crippen LogP contribution in [0.15, 0.2) is 47.3 Å². The Morgan fingerprint density at radius 2 is 1.90 bits per heavy atom. The lowest BCUT2D eigenvalue weighted by atomic mass is 10.1. The van der Waals surface area contributed by atoms with Crippen LogP contribution in [0, 0.1) is 0 Å². The molecule has 0 saturated carbocycles. The van der Waals surface area contributed by atoms with E-state index in [9.17, 15) is 19.2 Å². The second-order valence-electron chi connectivity index (χ2n) is 6.92. The molecule has 0 aliphatic carbocycles. The van der Waals surface area contributed by atoms with Gasteiger partial charge >= 0.3 is 17.8 Å². The van der Waals surface area contributed by atoms with Crippen molar-refractivity contribution in [3.63, 3.8) is 0 Å². The van der Waals surface area contributed by atoms with Crippen LogP contribution in [0.3, 0.4) is 0 Å². The summed E-state index contributed by atoms with van der Waals surface area (Å²) in [5, 5.41) is 11.4. The molecule has 2 N–H and O–H groups in total. The molecule has 0 bridgehead atoms. The molecule has 0 atom stereocenters. The van der Waals surface area contributed by atoms with Gasteiger partial charge in [-0.2, -0.15) is 0 Å². The van der Waals surface area contributed by atoms with Gasteiger partial charge in [-0.15, -0.1) is 0 Å². The Bertz CT molecular complexity index is 1320. The van der Waals surface area contributed by atoms with Crippen molar-refractivity contribution < 1.29 is 24.2 Å². The van der Waals surface area contributed by atoms with E-state index in [2.05, 4.69) is 10.3 Å². The monoisotopic (exact) mass is 419 g/mol. The van der Waals surface area contributed by atoms with Crippen LogP contribution in [0.1, 0.15) is 28.2 Å². The number of aliphatic carboxylic acids is 1. The molecule has 1 aliphatic rings. The summed E-state index contributed by atoms with van der Waals surface area (Å²) >= 11 is 0.